The average Bonchev–Trinajstić information content (AvgIpc) is 2.61. The van der Waals surface area contributed by atoms with Gasteiger partial charge in [-0.15, -0.1) is 0 Å². The molecule has 1 aliphatic heterocycles. The highest BCUT2D eigenvalue weighted by molar-refractivity contribution is 9.10. The smallest absolute Gasteiger partial charge is 0.254 e. The summed E-state index contributed by atoms with van der Waals surface area (Å²) >= 11 is 9.40. The third-order valence-corrected chi connectivity index (χ3v) is 7.52. The molecule has 8 heteroatoms. The SMILES string of the molecule is Cc1ccc(C(=O)N2CCN(S(=O)(=O)c3ccc(Br)cc3Cl)CC2)c(C)c1. The van der Waals surface area contributed by atoms with Crippen LogP contribution in [0.1, 0.15) is 21.5 Å². The Labute approximate surface area is 173 Å². The molecular weight excluding hydrogens is 452 g/mol. The molecule has 1 heterocycles. The fourth-order valence-electron chi connectivity index (χ4n) is 3.18. The summed E-state index contributed by atoms with van der Waals surface area (Å²) in [5, 5.41) is 0.179. The molecule has 0 unspecified atom stereocenters. The second kappa shape index (κ2) is 7.91. The van der Waals surface area contributed by atoms with Gasteiger partial charge in [0.1, 0.15) is 4.90 Å². The van der Waals surface area contributed by atoms with Crippen molar-refractivity contribution in [3.63, 3.8) is 0 Å². The average molecular weight is 472 g/mol. The summed E-state index contributed by atoms with van der Waals surface area (Å²) in [6, 6.07) is 10.4. The first-order valence-electron chi connectivity index (χ1n) is 8.52. The molecule has 2 aromatic carbocycles. The van der Waals surface area contributed by atoms with Gasteiger partial charge in [0.2, 0.25) is 10.0 Å². The highest BCUT2D eigenvalue weighted by Gasteiger charge is 2.32. The largest absolute Gasteiger partial charge is 0.336 e. The summed E-state index contributed by atoms with van der Waals surface area (Å²) < 4.78 is 27.9. The minimum atomic E-state index is -3.69. The molecule has 144 valence electrons. The Morgan fingerprint density at radius 3 is 2.30 bits per heavy atom. The van der Waals surface area contributed by atoms with Crippen LogP contribution in [0.15, 0.2) is 45.8 Å². The van der Waals surface area contributed by atoms with Gasteiger partial charge in [-0.2, -0.15) is 4.31 Å². The van der Waals surface area contributed by atoms with Crippen molar-refractivity contribution in [1.29, 1.82) is 0 Å². The number of sulfonamides is 1. The number of benzene rings is 2. The quantitative estimate of drug-likeness (QED) is 0.683. The van der Waals surface area contributed by atoms with E-state index in [0.717, 1.165) is 15.6 Å². The highest BCUT2D eigenvalue weighted by atomic mass is 79.9. The topological polar surface area (TPSA) is 57.7 Å². The molecule has 0 radical (unpaired) electrons. The first-order valence-corrected chi connectivity index (χ1v) is 11.1. The molecule has 1 saturated heterocycles. The fraction of sp³-hybridized carbons (Fsp3) is 0.316. The van der Waals surface area contributed by atoms with Crippen LogP contribution in [0.25, 0.3) is 0 Å². The van der Waals surface area contributed by atoms with E-state index < -0.39 is 10.0 Å². The Kier molecular flexibility index (Phi) is 5.96. The summed E-state index contributed by atoms with van der Waals surface area (Å²) in [7, 11) is -3.69. The number of amides is 1. The third-order valence-electron chi connectivity index (χ3n) is 4.65. The van der Waals surface area contributed by atoms with Crippen LogP contribution in [-0.4, -0.2) is 49.7 Å². The van der Waals surface area contributed by atoms with Crippen LogP contribution in [0.2, 0.25) is 5.02 Å². The van der Waals surface area contributed by atoms with E-state index in [9.17, 15) is 13.2 Å². The molecule has 0 atom stereocenters. The lowest BCUT2D eigenvalue weighted by Gasteiger charge is -2.34. The van der Waals surface area contributed by atoms with Crippen molar-refractivity contribution in [2.45, 2.75) is 18.7 Å². The molecule has 5 nitrogen and oxygen atoms in total. The minimum Gasteiger partial charge on any atom is -0.336 e. The lowest BCUT2D eigenvalue weighted by atomic mass is 10.0. The van der Waals surface area contributed by atoms with Gasteiger partial charge in [-0.3, -0.25) is 4.79 Å². The van der Waals surface area contributed by atoms with E-state index in [4.69, 9.17) is 11.6 Å². The lowest BCUT2D eigenvalue weighted by molar-refractivity contribution is 0.0697. The van der Waals surface area contributed by atoms with Crippen LogP contribution in [-0.2, 0) is 10.0 Å². The van der Waals surface area contributed by atoms with Crippen LogP contribution in [0.3, 0.4) is 0 Å². The van der Waals surface area contributed by atoms with Gasteiger partial charge in [0.05, 0.1) is 5.02 Å². The molecule has 0 aliphatic carbocycles. The fourth-order valence-corrected chi connectivity index (χ4v) is 5.61. The number of hydrogen-bond donors (Lipinski definition) is 0. The number of piperazine rings is 1. The zero-order valence-electron chi connectivity index (χ0n) is 15.1. The van der Waals surface area contributed by atoms with Crippen LogP contribution in [0.5, 0.6) is 0 Å². The van der Waals surface area contributed by atoms with E-state index in [1.165, 1.54) is 10.4 Å². The first-order chi connectivity index (χ1) is 12.7. The van der Waals surface area contributed by atoms with Crippen LogP contribution in [0.4, 0.5) is 0 Å². The zero-order valence-corrected chi connectivity index (χ0v) is 18.2. The molecule has 0 bridgehead atoms. The lowest BCUT2D eigenvalue weighted by Crippen LogP contribution is -2.50. The van der Waals surface area contributed by atoms with Gasteiger partial charge >= 0.3 is 0 Å². The Morgan fingerprint density at radius 2 is 1.70 bits per heavy atom. The molecule has 0 aromatic heterocycles. The number of carbonyl (C=O) groups is 1. The maximum absolute atomic E-state index is 12.9. The maximum Gasteiger partial charge on any atom is 0.254 e. The van der Waals surface area contributed by atoms with E-state index >= 15 is 0 Å². The van der Waals surface area contributed by atoms with Gasteiger partial charge in [0, 0.05) is 36.2 Å². The normalized spacial score (nSPS) is 15.8. The Hall–Kier alpha value is -1.41. The Morgan fingerprint density at radius 1 is 1.04 bits per heavy atom. The molecule has 1 amide bonds. The summed E-state index contributed by atoms with van der Waals surface area (Å²) in [6.07, 6.45) is 0. The Bertz CT molecular complexity index is 986. The molecule has 2 aromatic rings. The van der Waals surface area contributed by atoms with Gasteiger partial charge in [0.25, 0.3) is 5.91 Å². The van der Waals surface area contributed by atoms with Crippen molar-refractivity contribution in [2.24, 2.45) is 0 Å². The number of halogens is 2. The van der Waals surface area contributed by atoms with Crippen LogP contribution < -0.4 is 0 Å². The number of rotatable bonds is 3. The summed E-state index contributed by atoms with van der Waals surface area (Å²) in [6.45, 7) is 5.07. The zero-order chi connectivity index (χ0) is 19.8. The van der Waals surface area contributed by atoms with Crippen LogP contribution >= 0.6 is 27.5 Å². The van der Waals surface area contributed by atoms with Gasteiger partial charge in [0.15, 0.2) is 0 Å². The maximum atomic E-state index is 12.9. The van der Waals surface area contributed by atoms with Crippen molar-refractivity contribution in [3.05, 3.63) is 62.6 Å². The van der Waals surface area contributed by atoms with E-state index in [1.807, 2.05) is 32.0 Å². The molecular formula is C19H20BrClN2O3S. The van der Waals surface area contributed by atoms with Crippen molar-refractivity contribution < 1.29 is 13.2 Å². The summed E-state index contributed by atoms with van der Waals surface area (Å²) in [5.74, 6) is -0.0637. The highest BCUT2D eigenvalue weighted by Crippen LogP contribution is 2.28. The standard InChI is InChI=1S/C19H20BrClN2O3S/c1-13-3-5-16(14(2)11-13)19(24)22-7-9-23(10-8-22)27(25,26)18-6-4-15(20)12-17(18)21/h3-6,11-12H,7-10H2,1-2H3. The first kappa shape index (κ1) is 20.3. The number of hydrogen-bond acceptors (Lipinski definition) is 3. The second-order valence-corrected chi connectivity index (χ2v) is 9.82. The summed E-state index contributed by atoms with van der Waals surface area (Å²) in [5.41, 5.74) is 2.69. The van der Waals surface area contributed by atoms with Crippen molar-refractivity contribution >= 4 is 43.5 Å². The second-order valence-electron chi connectivity index (χ2n) is 6.59. The van der Waals surface area contributed by atoms with E-state index in [0.29, 0.717) is 18.7 Å². The van der Waals surface area contributed by atoms with E-state index in [1.54, 1.807) is 17.0 Å². The monoisotopic (exact) mass is 470 g/mol. The van der Waals surface area contributed by atoms with E-state index in [-0.39, 0.29) is 28.9 Å². The molecule has 27 heavy (non-hydrogen) atoms. The summed E-state index contributed by atoms with van der Waals surface area (Å²) in [4.78, 5) is 14.6. The van der Waals surface area contributed by atoms with Crippen molar-refractivity contribution in [1.82, 2.24) is 9.21 Å². The van der Waals surface area contributed by atoms with Gasteiger partial charge < -0.3 is 4.90 Å². The van der Waals surface area contributed by atoms with Gasteiger partial charge in [-0.1, -0.05) is 45.2 Å². The third kappa shape index (κ3) is 4.21. The number of aryl methyl sites for hydroxylation is 2. The Balaban J connectivity index is 1.74. The van der Waals surface area contributed by atoms with E-state index in [2.05, 4.69) is 15.9 Å². The van der Waals surface area contributed by atoms with Crippen LogP contribution in [0, 0.1) is 13.8 Å². The van der Waals surface area contributed by atoms with Crippen molar-refractivity contribution in [2.75, 3.05) is 26.2 Å². The predicted octanol–water partition coefficient (Wildman–Crippen LogP) is 3.87. The number of carbonyl (C=O) groups excluding carboxylic acids is 1. The molecule has 1 fully saturated rings. The predicted molar refractivity (Wildman–Crippen MR) is 110 cm³/mol. The molecule has 0 spiro atoms. The van der Waals surface area contributed by atoms with Gasteiger partial charge in [-0.25, -0.2) is 8.42 Å². The number of nitrogens with zero attached hydrogens (tertiary/aromatic N) is 2. The molecule has 1 aliphatic rings. The molecule has 0 N–H and O–H groups in total. The minimum absolute atomic E-state index is 0.0637. The van der Waals surface area contributed by atoms with Crippen molar-refractivity contribution in [3.8, 4) is 0 Å². The molecule has 3 rings (SSSR count). The van der Waals surface area contributed by atoms with Gasteiger partial charge in [-0.05, 0) is 43.7 Å². The molecule has 0 saturated carbocycles.